The first-order valence-electron chi connectivity index (χ1n) is 7.68. The molecule has 0 bridgehead atoms. The van der Waals surface area contributed by atoms with Crippen LogP contribution in [0.3, 0.4) is 0 Å². The van der Waals surface area contributed by atoms with Gasteiger partial charge >= 0.3 is 0 Å². The lowest BCUT2D eigenvalue weighted by Crippen LogP contribution is -2.39. The zero-order valence-electron chi connectivity index (χ0n) is 12.8. The molecule has 0 aromatic heterocycles. The summed E-state index contributed by atoms with van der Waals surface area (Å²) in [6.45, 7) is 4.73. The molecule has 21 heavy (non-hydrogen) atoms. The second kappa shape index (κ2) is 6.88. The van der Waals surface area contributed by atoms with Crippen LogP contribution >= 0.6 is 0 Å². The van der Waals surface area contributed by atoms with E-state index in [1.54, 1.807) is 4.31 Å². The number of hydrogen-bond donors (Lipinski definition) is 0. The predicted molar refractivity (Wildman–Crippen MR) is 82.0 cm³/mol. The Kier molecular flexibility index (Phi) is 5.38. The van der Waals surface area contributed by atoms with Crippen molar-refractivity contribution in [2.45, 2.75) is 56.9 Å². The van der Waals surface area contributed by atoms with Gasteiger partial charge in [-0.05, 0) is 49.4 Å². The van der Waals surface area contributed by atoms with Crippen LogP contribution in [0.1, 0.15) is 46.0 Å². The zero-order valence-corrected chi connectivity index (χ0v) is 13.6. The van der Waals surface area contributed by atoms with E-state index in [4.69, 9.17) is 0 Å². The molecular formula is C16H24FNO2S. The lowest BCUT2D eigenvalue weighted by atomic mass is 10.1. The van der Waals surface area contributed by atoms with Crippen molar-refractivity contribution in [1.29, 1.82) is 0 Å². The molecule has 0 unspecified atom stereocenters. The van der Waals surface area contributed by atoms with Crippen LogP contribution in [-0.2, 0) is 10.0 Å². The Morgan fingerprint density at radius 3 is 2.29 bits per heavy atom. The van der Waals surface area contributed by atoms with Gasteiger partial charge in [0.2, 0.25) is 10.0 Å². The van der Waals surface area contributed by atoms with Crippen LogP contribution in [0.2, 0.25) is 0 Å². The molecule has 0 atom stereocenters. The van der Waals surface area contributed by atoms with E-state index < -0.39 is 15.8 Å². The van der Waals surface area contributed by atoms with Gasteiger partial charge in [0.1, 0.15) is 5.82 Å². The van der Waals surface area contributed by atoms with Gasteiger partial charge in [0.05, 0.1) is 4.90 Å². The molecule has 1 fully saturated rings. The SMILES string of the molecule is CC(C)CCN(C1CCCC1)S(=O)(=O)c1ccc(F)cc1. The molecule has 0 aliphatic heterocycles. The summed E-state index contributed by atoms with van der Waals surface area (Å²) in [5, 5.41) is 0. The Morgan fingerprint density at radius 2 is 1.76 bits per heavy atom. The van der Waals surface area contributed by atoms with E-state index in [1.807, 2.05) is 0 Å². The van der Waals surface area contributed by atoms with E-state index in [1.165, 1.54) is 24.3 Å². The summed E-state index contributed by atoms with van der Waals surface area (Å²) in [5.41, 5.74) is 0. The van der Waals surface area contributed by atoms with Gasteiger partial charge in [-0.25, -0.2) is 12.8 Å². The lowest BCUT2D eigenvalue weighted by Gasteiger charge is -2.28. The van der Waals surface area contributed by atoms with Gasteiger partial charge in [-0.1, -0.05) is 26.7 Å². The second-order valence-electron chi connectivity index (χ2n) is 6.19. The first kappa shape index (κ1) is 16.4. The molecule has 0 saturated heterocycles. The summed E-state index contributed by atoms with van der Waals surface area (Å²) in [6, 6.07) is 5.24. The van der Waals surface area contributed by atoms with Crippen LogP contribution in [0.4, 0.5) is 4.39 Å². The summed E-state index contributed by atoms with van der Waals surface area (Å²) in [7, 11) is -3.53. The number of halogens is 1. The third kappa shape index (κ3) is 4.04. The Balaban J connectivity index is 2.26. The predicted octanol–water partition coefficient (Wildman–Crippen LogP) is 3.81. The van der Waals surface area contributed by atoms with Crippen molar-refractivity contribution in [3.8, 4) is 0 Å². The third-order valence-electron chi connectivity index (χ3n) is 4.08. The topological polar surface area (TPSA) is 37.4 Å². The maximum atomic E-state index is 13.0. The van der Waals surface area contributed by atoms with Crippen molar-refractivity contribution in [2.75, 3.05) is 6.54 Å². The third-order valence-corrected chi connectivity index (χ3v) is 6.05. The van der Waals surface area contributed by atoms with Gasteiger partial charge in [-0.3, -0.25) is 0 Å². The standard InChI is InChI=1S/C16H24FNO2S/c1-13(2)11-12-18(15-5-3-4-6-15)21(19,20)16-9-7-14(17)8-10-16/h7-10,13,15H,3-6,11-12H2,1-2H3. The molecule has 0 N–H and O–H groups in total. The Morgan fingerprint density at radius 1 is 1.19 bits per heavy atom. The molecule has 1 aliphatic rings. The molecule has 0 heterocycles. The summed E-state index contributed by atoms with van der Waals surface area (Å²) >= 11 is 0. The molecule has 2 rings (SSSR count). The Hall–Kier alpha value is -0.940. The van der Waals surface area contributed by atoms with E-state index >= 15 is 0 Å². The van der Waals surface area contributed by atoms with Crippen LogP contribution in [0.5, 0.6) is 0 Å². The fourth-order valence-corrected chi connectivity index (χ4v) is 4.52. The molecule has 3 nitrogen and oxygen atoms in total. The fourth-order valence-electron chi connectivity index (χ4n) is 2.82. The van der Waals surface area contributed by atoms with Crippen molar-refractivity contribution in [3.63, 3.8) is 0 Å². The van der Waals surface area contributed by atoms with E-state index in [9.17, 15) is 12.8 Å². The number of rotatable bonds is 6. The zero-order chi connectivity index (χ0) is 15.5. The lowest BCUT2D eigenvalue weighted by molar-refractivity contribution is 0.304. The van der Waals surface area contributed by atoms with Crippen molar-refractivity contribution in [1.82, 2.24) is 4.31 Å². The molecule has 0 spiro atoms. The molecule has 118 valence electrons. The van der Waals surface area contributed by atoms with Crippen LogP contribution in [0.15, 0.2) is 29.2 Å². The molecule has 0 amide bonds. The molecular weight excluding hydrogens is 289 g/mol. The number of hydrogen-bond acceptors (Lipinski definition) is 2. The summed E-state index contributed by atoms with van der Waals surface area (Å²) in [6.07, 6.45) is 4.87. The average Bonchev–Trinajstić information content (AvgIpc) is 2.92. The highest BCUT2D eigenvalue weighted by Crippen LogP contribution is 2.29. The number of nitrogens with zero attached hydrogens (tertiary/aromatic N) is 1. The number of sulfonamides is 1. The quantitative estimate of drug-likeness (QED) is 0.801. The highest BCUT2D eigenvalue weighted by Gasteiger charge is 2.32. The molecule has 1 aromatic rings. The first-order valence-corrected chi connectivity index (χ1v) is 9.12. The maximum absolute atomic E-state index is 13.0. The monoisotopic (exact) mass is 313 g/mol. The highest BCUT2D eigenvalue weighted by molar-refractivity contribution is 7.89. The maximum Gasteiger partial charge on any atom is 0.243 e. The first-order chi connectivity index (χ1) is 9.91. The van der Waals surface area contributed by atoms with Crippen molar-refractivity contribution >= 4 is 10.0 Å². The van der Waals surface area contributed by atoms with Crippen LogP contribution in [-0.4, -0.2) is 25.3 Å². The molecule has 1 saturated carbocycles. The van der Waals surface area contributed by atoms with Crippen LogP contribution in [0, 0.1) is 11.7 Å². The fraction of sp³-hybridized carbons (Fsp3) is 0.625. The van der Waals surface area contributed by atoms with E-state index in [0.717, 1.165) is 32.1 Å². The van der Waals surface area contributed by atoms with E-state index in [0.29, 0.717) is 12.5 Å². The van der Waals surface area contributed by atoms with Gasteiger partial charge in [0.25, 0.3) is 0 Å². The van der Waals surface area contributed by atoms with E-state index in [-0.39, 0.29) is 10.9 Å². The molecule has 1 aliphatic carbocycles. The molecule has 0 radical (unpaired) electrons. The largest absolute Gasteiger partial charge is 0.243 e. The summed E-state index contributed by atoms with van der Waals surface area (Å²) in [4.78, 5) is 0.194. The second-order valence-corrected chi connectivity index (χ2v) is 8.08. The van der Waals surface area contributed by atoms with Crippen molar-refractivity contribution in [2.24, 2.45) is 5.92 Å². The molecule has 1 aromatic carbocycles. The van der Waals surface area contributed by atoms with Gasteiger partial charge in [-0.15, -0.1) is 0 Å². The Labute approximate surface area is 127 Å². The smallest absolute Gasteiger partial charge is 0.207 e. The number of benzene rings is 1. The minimum atomic E-state index is -3.53. The normalized spacial score (nSPS) is 17.0. The summed E-state index contributed by atoms with van der Waals surface area (Å²) in [5.74, 6) is 0.0425. The van der Waals surface area contributed by atoms with Gasteiger partial charge < -0.3 is 0 Å². The van der Waals surface area contributed by atoms with Gasteiger partial charge in [0, 0.05) is 12.6 Å². The minimum absolute atomic E-state index is 0.0961. The van der Waals surface area contributed by atoms with Gasteiger partial charge in [-0.2, -0.15) is 4.31 Å². The van der Waals surface area contributed by atoms with Crippen molar-refractivity contribution in [3.05, 3.63) is 30.1 Å². The highest BCUT2D eigenvalue weighted by atomic mass is 32.2. The van der Waals surface area contributed by atoms with E-state index in [2.05, 4.69) is 13.8 Å². The summed E-state index contributed by atoms with van der Waals surface area (Å²) < 4.78 is 40.4. The van der Waals surface area contributed by atoms with Crippen molar-refractivity contribution < 1.29 is 12.8 Å². The average molecular weight is 313 g/mol. The van der Waals surface area contributed by atoms with Crippen LogP contribution < -0.4 is 0 Å². The Bertz CT molecular complexity index is 548. The minimum Gasteiger partial charge on any atom is -0.207 e. The van der Waals surface area contributed by atoms with Gasteiger partial charge in [0.15, 0.2) is 0 Å². The van der Waals surface area contributed by atoms with Crippen LogP contribution in [0.25, 0.3) is 0 Å². The molecule has 5 heteroatoms.